The van der Waals surface area contributed by atoms with E-state index in [0.29, 0.717) is 5.02 Å². The number of nitrogens with one attached hydrogen (secondary N) is 2. The number of benzene rings is 1. The molecule has 3 aliphatic rings. The number of rotatable bonds is 2. The monoisotopic (exact) mass is 334 g/mol. The van der Waals surface area contributed by atoms with E-state index in [4.69, 9.17) is 16.3 Å². The highest BCUT2D eigenvalue weighted by Gasteiger charge is 2.63. The maximum atomic E-state index is 12.4. The summed E-state index contributed by atoms with van der Waals surface area (Å²) in [7, 11) is 0. The van der Waals surface area contributed by atoms with Crippen LogP contribution >= 0.6 is 11.6 Å². The summed E-state index contributed by atoms with van der Waals surface area (Å²) in [5.74, 6) is -1.58. The van der Waals surface area contributed by atoms with Gasteiger partial charge in [-0.2, -0.15) is 0 Å². The van der Waals surface area contributed by atoms with E-state index >= 15 is 0 Å². The average molecular weight is 335 g/mol. The molecule has 1 heterocycles. The van der Waals surface area contributed by atoms with Crippen molar-refractivity contribution in [3.05, 3.63) is 34.9 Å². The Morgan fingerprint density at radius 2 is 1.96 bits per heavy atom. The Hall–Kier alpha value is -2.08. The van der Waals surface area contributed by atoms with E-state index < -0.39 is 11.8 Å². The summed E-state index contributed by atoms with van der Waals surface area (Å²) >= 11 is 5.95. The molecule has 23 heavy (non-hydrogen) atoms. The molecule has 120 valence electrons. The number of amides is 2. The van der Waals surface area contributed by atoms with E-state index in [1.807, 2.05) is 0 Å². The number of hydrogen-bond acceptors (Lipinski definition) is 4. The van der Waals surface area contributed by atoms with Crippen LogP contribution in [0.5, 0.6) is 0 Å². The minimum Gasteiger partial charge on any atom is -0.462 e. The largest absolute Gasteiger partial charge is 0.462 e. The first kappa shape index (κ1) is 14.5. The minimum atomic E-state index is -0.487. The van der Waals surface area contributed by atoms with Crippen molar-refractivity contribution in [2.75, 3.05) is 0 Å². The summed E-state index contributed by atoms with van der Waals surface area (Å²) in [6.45, 7) is 0. The van der Waals surface area contributed by atoms with Gasteiger partial charge in [0, 0.05) is 5.92 Å². The van der Waals surface area contributed by atoms with Gasteiger partial charge in [0.2, 0.25) is 5.91 Å². The van der Waals surface area contributed by atoms with Crippen LogP contribution in [-0.2, 0) is 14.3 Å². The fraction of sp³-hybridized carbons (Fsp3) is 0.438. The lowest BCUT2D eigenvalue weighted by Crippen LogP contribution is -2.48. The summed E-state index contributed by atoms with van der Waals surface area (Å²) in [5, 5.41) is 0.307. The molecule has 2 aliphatic carbocycles. The Morgan fingerprint density at radius 1 is 1.17 bits per heavy atom. The average Bonchev–Trinajstić information content (AvgIpc) is 3.14. The van der Waals surface area contributed by atoms with Gasteiger partial charge in [-0.25, -0.2) is 0 Å². The molecule has 6 nitrogen and oxygen atoms in total. The maximum Gasteiger partial charge on any atom is 0.310 e. The van der Waals surface area contributed by atoms with Crippen LogP contribution in [-0.4, -0.2) is 23.9 Å². The third kappa shape index (κ3) is 2.20. The van der Waals surface area contributed by atoms with Crippen molar-refractivity contribution < 1.29 is 19.1 Å². The molecule has 2 saturated carbocycles. The number of carbonyl (C=O) groups excluding carboxylic acids is 3. The van der Waals surface area contributed by atoms with Crippen LogP contribution in [0.25, 0.3) is 0 Å². The Morgan fingerprint density at radius 3 is 2.74 bits per heavy atom. The van der Waals surface area contributed by atoms with Gasteiger partial charge in [-0.3, -0.25) is 25.2 Å². The van der Waals surface area contributed by atoms with E-state index in [-0.39, 0.29) is 41.3 Å². The summed E-state index contributed by atoms with van der Waals surface area (Å²) in [6.07, 6.45) is 1.57. The molecule has 5 atom stereocenters. The van der Waals surface area contributed by atoms with Crippen LogP contribution in [0.3, 0.4) is 0 Å². The molecule has 0 spiro atoms. The molecule has 0 unspecified atom stereocenters. The van der Waals surface area contributed by atoms with Gasteiger partial charge in [0.05, 0.1) is 22.4 Å². The highest BCUT2D eigenvalue weighted by Crippen LogP contribution is 2.57. The molecule has 3 fully saturated rings. The quantitative estimate of drug-likeness (QED) is 0.630. The summed E-state index contributed by atoms with van der Waals surface area (Å²) in [4.78, 5) is 36.4. The fourth-order valence-electron chi connectivity index (χ4n) is 4.28. The van der Waals surface area contributed by atoms with Crippen LogP contribution in [0.15, 0.2) is 24.3 Å². The van der Waals surface area contributed by atoms with Gasteiger partial charge < -0.3 is 4.74 Å². The van der Waals surface area contributed by atoms with Gasteiger partial charge >= 0.3 is 5.97 Å². The lowest BCUT2D eigenvalue weighted by atomic mass is 9.79. The van der Waals surface area contributed by atoms with Crippen molar-refractivity contribution >= 4 is 29.4 Å². The molecule has 7 heteroatoms. The Bertz CT molecular complexity index is 705. The SMILES string of the molecule is O=C(NNC(=O)[C@@H]1[C@@H]2C[C@@H]3[C@@H]1C(=O)O[C@@H]3C2)c1ccccc1Cl. The number of fused-ring (bicyclic) bond motifs is 1. The molecule has 2 N–H and O–H groups in total. The molecule has 1 aliphatic heterocycles. The molecule has 4 rings (SSSR count). The van der Waals surface area contributed by atoms with Crippen LogP contribution in [0, 0.1) is 23.7 Å². The second-order valence-electron chi connectivity index (χ2n) is 6.35. The van der Waals surface area contributed by atoms with Gasteiger partial charge in [-0.15, -0.1) is 0 Å². The Kier molecular flexibility index (Phi) is 3.30. The predicted molar refractivity (Wildman–Crippen MR) is 80.1 cm³/mol. The minimum absolute atomic E-state index is 0.0146. The molecule has 2 amide bonds. The highest BCUT2D eigenvalue weighted by molar-refractivity contribution is 6.33. The molecule has 1 saturated heterocycles. The van der Waals surface area contributed by atoms with Crippen LogP contribution in [0.1, 0.15) is 23.2 Å². The van der Waals surface area contributed by atoms with Gasteiger partial charge in [0.15, 0.2) is 0 Å². The lowest BCUT2D eigenvalue weighted by Gasteiger charge is -2.23. The highest BCUT2D eigenvalue weighted by atomic mass is 35.5. The van der Waals surface area contributed by atoms with Crippen LogP contribution in [0.4, 0.5) is 0 Å². The molecule has 0 radical (unpaired) electrons. The van der Waals surface area contributed by atoms with E-state index in [9.17, 15) is 14.4 Å². The number of halogens is 1. The van der Waals surface area contributed by atoms with Crippen molar-refractivity contribution in [3.8, 4) is 0 Å². The number of hydrazine groups is 1. The predicted octanol–water partition coefficient (Wildman–Crippen LogP) is 1.30. The van der Waals surface area contributed by atoms with E-state index in [0.717, 1.165) is 12.8 Å². The third-order valence-electron chi connectivity index (χ3n) is 5.20. The van der Waals surface area contributed by atoms with E-state index in [1.165, 1.54) is 0 Å². The number of carbonyl (C=O) groups is 3. The molecule has 2 bridgehead atoms. The number of hydrogen-bond donors (Lipinski definition) is 2. The van der Waals surface area contributed by atoms with E-state index in [1.54, 1.807) is 24.3 Å². The summed E-state index contributed by atoms with van der Waals surface area (Å²) in [6, 6.07) is 6.57. The normalized spacial score (nSPS) is 33.4. The Labute approximate surface area is 137 Å². The molecule has 1 aromatic rings. The maximum absolute atomic E-state index is 12.4. The smallest absolute Gasteiger partial charge is 0.310 e. The number of esters is 1. The van der Waals surface area contributed by atoms with Crippen molar-refractivity contribution in [1.82, 2.24) is 10.9 Å². The van der Waals surface area contributed by atoms with Crippen molar-refractivity contribution in [3.63, 3.8) is 0 Å². The Balaban J connectivity index is 1.42. The molecule has 0 aromatic heterocycles. The van der Waals surface area contributed by atoms with Crippen LogP contribution in [0.2, 0.25) is 5.02 Å². The number of ether oxygens (including phenoxy) is 1. The molecule has 1 aromatic carbocycles. The molecular weight excluding hydrogens is 320 g/mol. The zero-order valence-corrected chi connectivity index (χ0v) is 12.9. The zero-order chi connectivity index (χ0) is 16.1. The molecular formula is C16H15ClN2O4. The third-order valence-corrected chi connectivity index (χ3v) is 5.53. The van der Waals surface area contributed by atoms with Gasteiger partial charge in [-0.1, -0.05) is 23.7 Å². The van der Waals surface area contributed by atoms with Gasteiger partial charge in [-0.05, 0) is 30.9 Å². The van der Waals surface area contributed by atoms with Crippen LogP contribution < -0.4 is 10.9 Å². The first-order valence-electron chi connectivity index (χ1n) is 7.61. The topological polar surface area (TPSA) is 84.5 Å². The lowest BCUT2D eigenvalue weighted by molar-refractivity contribution is -0.146. The van der Waals surface area contributed by atoms with Gasteiger partial charge in [0.1, 0.15) is 6.10 Å². The van der Waals surface area contributed by atoms with Crippen molar-refractivity contribution in [1.29, 1.82) is 0 Å². The standard InChI is InChI=1S/C16H15ClN2O4/c17-10-4-2-1-3-8(10)14(20)18-19-15(21)12-7-5-9-11(6-7)23-16(22)13(9)12/h1-4,7,9,11-13H,5-6H2,(H,18,20)(H,19,21)/t7-,9+,11-,12-,13+/m1/s1. The first-order valence-corrected chi connectivity index (χ1v) is 7.99. The van der Waals surface area contributed by atoms with Crippen molar-refractivity contribution in [2.45, 2.75) is 18.9 Å². The summed E-state index contributed by atoms with van der Waals surface area (Å²) < 4.78 is 5.31. The van der Waals surface area contributed by atoms with Crippen molar-refractivity contribution in [2.24, 2.45) is 23.7 Å². The first-order chi connectivity index (χ1) is 11.1. The van der Waals surface area contributed by atoms with Gasteiger partial charge in [0.25, 0.3) is 5.91 Å². The second-order valence-corrected chi connectivity index (χ2v) is 6.75. The second kappa shape index (κ2) is 5.23. The van der Waals surface area contributed by atoms with E-state index in [2.05, 4.69) is 10.9 Å². The zero-order valence-electron chi connectivity index (χ0n) is 12.1. The fourth-order valence-corrected chi connectivity index (χ4v) is 4.50. The summed E-state index contributed by atoms with van der Waals surface area (Å²) in [5.41, 5.74) is 5.09.